The number of amides is 1. The molecule has 3 rings (SSSR count). The lowest BCUT2D eigenvalue weighted by Crippen LogP contribution is -2.29. The molecule has 6 heteroatoms. The van der Waals surface area contributed by atoms with Crippen molar-refractivity contribution >= 4 is 33.3 Å². The Labute approximate surface area is 127 Å². The molecule has 1 amide bonds. The number of hydrogen-bond acceptors (Lipinski definition) is 2. The van der Waals surface area contributed by atoms with Crippen LogP contribution in [-0.2, 0) is 11.3 Å². The van der Waals surface area contributed by atoms with E-state index in [1.165, 1.54) is 30.3 Å². The van der Waals surface area contributed by atoms with Gasteiger partial charge in [0.2, 0.25) is 0 Å². The Balaban J connectivity index is 2.04. The SMILES string of the molecule is O=C1C(=O)N(Cc2cc(F)cc(Br)c2)c2c(F)cccc21. The van der Waals surface area contributed by atoms with Crippen molar-refractivity contribution in [3.63, 3.8) is 0 Å². The molecule has 1 aliphatic rings. The lowest BCUT2D eigenvalue weighted by Gasteiger charge is -2.17. The fourth-order valence-electron chi connectivity index (χ4n) is 2.35. The van der Waals surface area contributed by atoms with Crippen molar-refractivity contribution in [2.45, 2.75) is 6.54 Å². The number of halogens is 3. The molecule has 0 aromatic heterocycles. The Morgan fingerprint density at radius 3 is 2.57 bits per heavy atom. The fourth-order valence-corrected chi connectivity index (χ4v) is 2.86. The van der Waals surface area contributed by atoms with Gasteiger partial charge in [-0.25, -0.2) is 8.78 Å². The van der Waals surface area contributed by atoms with Gasteiger partial charge in [0.15, 0.2) is 0 Å². The standard InChI is InChI=1S/C15H8BrF2NO2/c16-9-4-8(5-10(17)6-9)7-19-13-11(14(20)15(19)21)2-1-3-12(13)18/h1-6H,7H2. The van der Waals surface area contributed by atoms with E-state index in [1.807, 2.05) is 0 Å². The first kappa shape index (κ1) is 13.9. The van der Waals surface area contributed by atoms with E-state index in [-0.39, 0.29) is 17.8 Å². The number of Topliss-reactive ketones (excluding diaryl/α,β-unsaturated/α-hetero) is 1. The van der Waals surface area contributed by atoms with Gasteiger partial charge in [-0.05, 0) is 35.9 Å². The minimum Gasteiger partial charge on any atom is -0.298 e. The highest BCUT2D eigenvalue weighted by atomic mass is 79.9. The molecule has 0 bridgehead atoms. The molecule has 1 heterocycles. The third-order valence-electron chi connectivity index (χ3n) is 3.20. The summed E-state index contributed by atoms with van der Waals surface area (Å²) in [5.74, 6) is -2.69. The first-order chi connectivity index (χ1) is 9.97. The molecular formula is C15H8BrF2NO2. The highest BCUT2D eigenvalue weighted by Crippen LogP contribution is 2.33. The number of carbonyl (C=O) groups is 2. The van der Waals surface area contributed by atoms with Crippen molar-refractivity contribution in [2.24, 2.45) is 0 Å². The highest BCUT2D eigenvalue weighted by molar-refractivity contribution is 9.10. The molecule has 0 fully saturated rings. The second-order valence-electron chi connectivity index (χ2n) is 4.63. The van der Waals surface area contributed by atoms with E-state index >= 15 is 0 Å². The summed E-state index contributed by atoms with van der Waals surface area (Å²) in [6.45, 7) is -0.0745. The molecule has 0 saturated carbocycles. The maximum absolute atomic E-state index is 13.9. The lowest BCUT2D eigenvalue weighted by molar-refractivity contribution is -0.114. The van der Waals surface area contributed by atoms with Crippen LogP contribution >= 0.6 is 15.9 Å². The Hall–Kier alpha value is -2.08. The van der Waals surface area contributed by atoms with Gasteiger partial charge in [-0.1, -0.05) is 22.0 Å². The van der Waals surface area contributed by atoms with Crippen LogP contribution in [0.2, 0.25) is 0 Å². The Kier molecular flexibility index (Phi) is 3.33. The average Bonchev–Trinajstić information content (AvgIpc) is 2.64. The minimum absolute atomic E-state index is 0.0375. The Morgan fingerprint density at radius 1 is 1.10 bits per heavy atom. The van der Waals surface area contributed by atoms with E-state index in [1.54, 1.807) is 6.07 Å². The van der Waals surface area contributed by atoms with E-state index < -0.39 is 23.3 Å². The van der Waals surface area contributed by atoms with Crippen LogP contribution in [0, 0.1) is 11.6 Å². The number of hydrogen-bond donors (Lipinski definition) is 0. The summed E-state index contributed by atoms with van der Waals surface area (Å²) in [7, 11) is 0. The summed E-state index contributed by atoms with van der Waals surface area (Å²) in [5.41, 5.74) is 0.447. The van der Waals surface area contributed by atoms with Crippen LogP contribution in [0.25, 0.3) is 0 Å². The molecular weight excluding hydrogens is 344 g/mol. The molecule has 3 nitrogen and oxygen atoms in total. The normalized spacial score (nSPS) is 13.8. The van der Waals surface area contributed by atoms with E-state index in [0.717, 1.165) is 4.90 Å². The third kappa shape index (κ3) is 2.35. The molecule has 0 unspecified atom stereocenters. The molecule has 2 aromatic rings. The zero-order valence-corrected chi connectivity index (χ0v) is 12.2. The monoisotopic (exact) mass is 351 g/mol. The molecule has 0 aliphatic carbocycles. The zero-order chi connectivity index (χ0) is 15.1. The summed E-state index contributed by atoms with van der Waals surface area (Å²) >= 11 is 3.15. The number of ketones is 1. The van der Waals surface area contributed by atoms with Gasteiger partial charge >= 0.3 is 0 Å². The molecule has 1 aliphatic heterocycles. The van der Waals surface area contributed by atoms with E-state index in [2.05, 4.69) is 15.9 Å². The maximum atomic E-state index is 13.9. The lowest BCUT2D eigenvalue weighted by atomic mass is 10.1. The van der Waals surface area contributed by atoms with E-state index in [4.69, 9.17) is 0 Å². The van der Waals surface area contributed by atoms with Crippen LogP contribution in [0.3, 0.4) is 0 Å². The summed E-state index contributed by atoms with van der Waals surface area (Å²) in [4.78, 5) is 24.9. The van der Waals surface area contributed by atoms with Gasteiger partial charge in [0, 0.05) is 4.47 Å². The quantitative estimate of drug-likeness (QED) is 0.777. The van der Waals surface area contributed by atoms with Crippen molar-refractivity contribution in [1.29, 1.82) is 0 Å². The number of anilines is 1. The number of para-hydroxylation sites is 1. The number of nitrogens with zero attached hydrogens (tertiary/aromatic N) is 1. The maximum Gasteiger partial charge on any atom is 0.299 e. The van der Waals surface area contributed by atoms with Gasteiger partial charge < -0.3 is 0 Å². The van der Waals surface area contributed by atoms with Crippen LogP contribution < -0.4 is 4.90 Å². The van der Waals surface area contributed by atoms with Crippen molar-refractivity contribution in [3.05, 3.63) is 63.6 Å². The molecule has 0 saturated heterocycles. The van der Waals surface area contributed by atoms with Crippen LogP contribution in [-0.4, -0.2) is 11.7 Å². The molecule has 0 atom stereocenters. The predicted molar refractivity (Wildman–Crippen MR) is 76.0 cm³/mol. The van der Waals surface area contributed by atoms with Crippen molar-refractivity contribution < 1.29 is 18.4 Å². The van der Waals surface area contributed by atoms with E-state index in [9.17, 15) is 18.4 Å². The first-order valence-corrected chi connectivity index (χ1v) is 6.86. The Morgan fingerprint density at radius 2 is 1.86 bits per heavy atom. The van der Waals surface area contributed by atoms with Gasteiger partial charge in [-0.3, -0.25) is 14.5 Å². The highest BCUT2D eigenvalue weighted by Gasteiger charge is 2.37. The number of carbonyl (C=O) groups excluding carboxylic acids is 2. The van der Waals surface area contributed by atoms with Crippen LogP contribution in [0.15, 0.2) is 40.9 Å². The average molecular weight is 352 g/mol. The van der Waals surface area contributed by atoms with E-state index in [0.29, 0.717) is 10.0 Å². The second-order valence-corrected chi connectivity index (χ2v) is 5.55. The molecule has 0 radical (unpaired) electrons. The number of fused-ring (bicyclic) bond motifs is 1. The summed E-state index contributed by atoms with van der Waals surface area (Å²) in [6.07, 6.45) is 0. The third-order valence-corrected chi connectivity index (χ3v) is 3.66. The first-order valence-electron chi connectivity index (χ1n) is 6.07. The summed E-state index contributed by atoms with van der Waals surface area (Å²) in [5, 5.41) is 0. The zero-order valence-electron chi connectivity index (χ0n) is 10.6. The topological polar surface area (TPSA) is 37.4 Å². The second kappa shape index (κ2) is 5.04. The predicted octanol–water partition coefficient (Wildman–Crippen LogP) is 3.46. The Bertz CT molecular complexity index is 756. The van der Waals surface area contributed by atoms with Gasteiger partial charge in [0.1, 0.15) is 11.6 Å². The molecule has 2 aromatic carbocycles. The van der Waals surface area contributed by atoms with Gasteiger partial charge in [-0.2, -0.15) is 0 Å². The van der Waals surface area contributed by atoms with Crippen LogP contribution in [0.4, 0.5) is 14.5 Å². The van der Waals surface area contributed by atoms with Gasteiger partial charge in [0.25, 0.3) is 11.7 Å². The van der Waals surface area contributed by atoms with Gasteiger partial charge in [0.05, 0.1) is 17.8 Å². The van der Waals surface area contributed by atoms with Crippen LogP contribution in [0.5, 0.6) is 0 Å². The molecule has 0 spiro atoms. The van der Waals surface area contributed by atoms with Gasteiger partial charge in [-0.15, -0.1) is 0 Å². The minimum atomic E-state index is -0.810. The van der Waals surface area contributed by atoms with Crippen molar-refractivity contribution in [2.75, 3.05) is 4.90 Å². The summed E-state index contributed by atoms with van der Waals surface area (Å²) in [6, 6.07) is 8.08. The molecule has 21 heavy (non-hydrogen) atoms. The fraction of sp³-hybridized carbons (Fsp3) is 0.0667. The van der Waals surface area contributed by atoms with Crippen LogP contribution in [0.1, 0.15) is 15.9 Å². The number of rotatable bonds is 2. The molecule has 0 N–H and O–H groups in total. The summed E-state index contributed by atoms with van der Waals surface area (Å²) < 4.78 is 27.8. The van der Waals surface area contributed by atoms with Crippen molar-refractivity contribution in [1.82, 2.24) is 0 Å². The smallest absolute Gasteiger partial charge is 0.298 e. The number of benzene rings is 2. The van der Waals surface area contributed by atoms with Crippen molar-refractivity contribution in [3.8, 4) is 0 Å². The largest absolute Gasteiger partial charge is 0.299 e. The molecule has 106 valence electrons.